The molecule has 0 bridgehead atoms. The van der Waals surface area contributed by atoms with Gasteiger partial charge in [-0.3, -0.25) is 9.69 Å². The van der Waals surface area contributed by atoms with Crippen molar-refractivity contribution in [2.24, 2.45) is 0 Å². The highest BCUT2D eigenvalue weighted by molar-refractivity contribution is 6.06. The lowest BCUT2D eigenvalue weighted by atomic mass is 10.1. The summed E-state index contributed by atoms with van der Waals surface area (Å²) in [6, 6.07) is 5.79. The molecule has 0 fully saturated rings. The molecule has 0 spiro atoms. The number of carboxylic acid groups (broad SMARTS) is 1. The molecule has 1 aliphatic heterocycles. The summed E-state index contributed by atoms with van der Waals surface area (Å²) in [5.41, 5.74) is 1.54. The smallest absolute Gasteiger partial charge is 0.326 e. The van der Waals surface area contributed by atoms with E-state index in [1.807, 2.05) is 6.07 Å². The first-order valence-electron chi connectivity index (χ1n) is 5.37. The Kier molecular flexibility index (Phi) is 2.90. The van der Waals surface area contributed by atoms with E-state index in [0.717, 1.165) is 0 Å². The van der Waals surface area contributed by atoms with Gasteiger partial charge < -0.3 is 10.4 Å². The van der Waals surface area contributed by atoms with Gasteiger partial charge in [0.2, 0.25) is 5.91 Å². The fourth-order valence-corrected chi connectivity index (χ4v) is 1.88. The molecular formula is C12H11N3O3. The molecule has 0 saturated heterocycles. The van der Waals surface area contributed by atoms with Crippen LogP contribution in [0.2, 0.25) is 0 Å². The molecule has 92 valence electrons. The van der Waals surface area contributed by atoms with Crippen LogP contribution in [0, 0.1) is 11.3 Å². The molecule has 0 aromatic heterocycles. The Balaban J connectivity index is 2.48. The highest BCUT2D eigenvalue weighted by Gasteiger charge is 2.31. The highest BCUT2D eigenvalue weighted by atomic mass is 16.4. The van der Waals surface area contributed by atoms with Crippen LogP contribution in [-0.4, -0.2) is 29.6 Å². The Morgan fingerprint density at radius 2 is 2.33 bits per heavy atom. The van der Waals surface area contributed by atoms with E-state index in [1.54, 1.807) is 18.2 Å². The largest absolute Gasteiger partial charge is 0.480 e. The molecule has 0 saturated carbocycles. The molecule has 1 heterocycles. The number of carboxylic acids is 1. The number of carbonyl (C=O) groups is 2. The number of anilines is 2. The number of nitrogens with one attached hydrogen (secondary N) is 1. The molecule has 0 aliphatic carbocycles. The van der Waals surface area contributed by atoms with Crippen LogP contribution in [0.5, 0.6) is 0 Å². The predicted octanol–water partition coefficient (Wildman–Crippen LogP) is 0.790. The zero-order valence-electron chi connectivity index (χ0n) is 9.67. The molecule has 1 aromatic carbocycles. The lowest BCUT2D eigenvalue weighted by Gasteiger charge is -2.32. The number of hydrogen-bond acceptors (Lipinski definition) is 4. The highest BCUT2D eigenvalue weighted by Crippen LogP contribution is 2.31. The van der Waals surface area contributed by atoms with E-state index in [1.165, 1.54) is 11.8 Å². The van der Waals surface area contributed by atoms with Crippen LogP contribution in [0.3, 0.4) is 0 Å². The third-order valence-electron chi connectivity index (χ3n) is 2.83. The van der Waals surface area contributed by atoms with E-state index >= 15 is 0 Å². The molecular weight excluding hydrogens is 234 g/mol. The van der Waals surface area contributed by atoms with Gasteiger partial charge in [0.25, 0.3) is 0 Å². The quantitative estimate of drug-likeness (QED) is 0.803. The Hall–Kier alpha value is -2.55. The number of carbonyl (C=O) groups excluding carboxylic acids is 1. The predicted molar refractivity (Wildman–Crippen MR) is 64.2 cm³/mol. The van der Waals surface area contributed by atoms with Crippen molar-refractivity contribution < 1.29 is 14.7 Å². The minimum Gasteiger partial charge on any atom is -0.480 e. The molecule has 18 heavy (non-hydrogen) atoms. The molecule has 2 rings (SSSR count). The molecule has 2 N–H and O–H groups in total. The van der Waals surface area contributed by atoms with Crippen molar-refractivity contribution in [3.63, 3.8) is 0 Å². The summed E-state index contributed by atoms with van der Waals surface area (Å²) >= 11 is 0. The summed E-state index contributed by atoms with van der Waals surface area (Å²) in [5, 5.41) is 20.7. The van der Waals surface area contributed by atoms with Crippen molar-refractivity contribution in [1.82, 2.24) is 0 Å². The summed E-state index contributed by atoms with van der Waals surface area (Å²) in [7, 11) is 0. The van der Waals surface area contributed by atoms with Crippen molar-refractivity contribution in [3.8, 4) is 6.07 Å². The van der Waals surface area contributed by atoms with E-state index < -0.39 is 12.0 Å². The van der Waals surface area contributed by atoms with E-state index in [-0.39, 0.29) is 12.5 Å². The lowest BCUT2D eigenvalue weighted by Crippen LogP contribution is -2.48. The number of benzene rings is 1. The van der Waals surface area contributed by atoms with Gasteiger partial charge in [0.05, 0.1) is 29.6 Å². The number of aliphatic carboxylic acids is 1. The number of hydrogen-bond donors (Lipinski definition) is 2. The van der Waals surface area contributed by atoms with Crippen LogP contribution in [0.25, 0.3) is 0 Å². The maximum absolute atomic E-state index is 11.8. The second-order valence-electron chi connectivity index (χ2n) is 3.98. The van der Waals surface area contributed by atoms with Gasteiger partial charge in [-0.15, -0.1) is 0 Å². The Morgan fingerprint density at radius 1 is 1.61 bits per heavy atom. The van der Waals surface area contributed by atoms with Crippen molar-refractivity contribution >= 4 is 23.3 Å². The van der Waals surface area contributed by atoms with Crippen LogP contribution in [0.4, 0.5) is 11.4 Å². The van der Waals surface area contributed by atoms with Crippen LogP contribution in [-0.2, 0) is 9.59 Å². The third-order valence-corrected chi connectivity index (χ3v) is 2.83. The maximum atomic E-state index is 11.8. The number of fused-ring (bicyclic) bond motifs is 1. The van der Waals surface area contributed by atoms with E-state index in [2.05, 4.69) is 5.32 Å². The van der Waals surface area contributed by atoms with Gasteiger partial charge in [-0.05, 0) is 25.1 Å². The topological polar surface area (TPSA) is 93.4 Å². The number of nitriles is 1. The zero-order valence-corrected chi connectivity index (χ0v) is 9.67. The van der Waals surface area contributed by atoms with Crippen molar-refractivity contribution in [3.05, 3.63) is 23.8 Å². The Bertz CT molecular complexity index is 562. The molecule has 0 radical (unpaired) electrons. The molecule has 1 unspecified atom stereocenters. The molecule has 1 amide bonds. The van der Waals surface area contributed by atoms with Gasteiger partial charge >= 0.3 is 5.97 Å². The second-order valence-corrected chi connectivity index (χ2v) is 3.98. The number of rotatable bonds is 2. The molecule has 6 nitrogen and oxygen atoms in total. The first-order valence-corrected chi connectivity index (χ1v) is 5.37. The van der Waals surface area contributed by atoms with E-state index in [0.29, 0.717) is 16.9 Å². The normalized spacial score (nSPS) is 15.3. The summed E-state index contributed by atoms with van der Waals surface area (Å²) in [6.07, 6.45) is 0. The van der Waals surface area contributed by atoms with Gasteiger partial charge in [0.15, 0.2) is 0 Å². The number of amides is 1. The van der Waals surface area contributed by atoms with Gasteiger partial charge in [-0.25, -0.2) is 4.79 Å². The zero-order chi connectivity index (χ0) is 13.3. The summed E-state index contributed by atoms with van der Waals surface area (Å²) in [6.45, 7) is 1.48. The van der Waals surface area contributed by atoms with Crippen LogP contribution >= 0.6 is 0 Å². The van der Waals surface area contributed by atoms with Gasteiger partial charge in [0.1, 0.15) is 6.04 Å². The van der Waals surface area contributed by atoms with Gasteiger partial charge in [0, 0.05) is 0 Å². The molecule has 6 heteroatoms. The van der Waals surface area contributed by atoms with E-state index in [9.17, 15) is 9.59 Å². The first-order chi connectivity index (χ1) is 8.54. The Labute approximate surface area is 103 Å². The average molecular weight is 245 g/mol. The summed E-state index contributed by atoms with van der Waals surface area (Å²) < 4.78 is 0. The van der Waals surface area contributed by atoms with Crippen molar-refractivity contribution in [2.75, 3.05) is 16.8 Å². The van der Waals surface area contributed by atoms with Crippen molar-refractivity contribution in [1.29, 1.82) is 5.26 Å². The SMILES string of the molecule is CC(C(=O)O)N1C(=O)CNc2cc(C#N)ccc21. The fraction of sp³-hybridized carbons (Fsp3) is 0.250. The average Bonchev–Trinajstić information content (AvgIpc) is 2.37. The summed E-state index contributed by atoms with van der Waals surface area (Å²) in [4.78, 5) is 24.0. The molecule has 1 atom stereocenters. The Morgan fingerprint density at radius 3 is 2.94 bits per heavy atom. The fourth-order valence-electron chi connectivity index (χ4n) is 1.88. The van der Waals surface area contributed by atoms with Gasteiger partial charge in [-0.2, -0.15) is 5.26 Å². The number of nitrogens with zero attached hydrogens (tertiary/aromatic N) is 2. The minimum absolute atomic E-state index is 0.0273. The molecule has 1 aliphatic rings. The third kappa shape index (κ3) is 1.86. The minimum atomic E-state index is -1.07. The standard InChI is InChI=1S/C12H11N3O3/c1-7(12(17)18)15-10-3-2-8(5-13)4-9(10)14-6-11(15)16/h2-4,7,14H,6H2,1H3,(H,17,18). The summed E-state index contributed by atoms with van der Waals surface area (Å²) in [5.74, 6) is -1.37. The maximum Gasteiger partial charge on any atom is 0.326 e. The van der Waals surface area contributed by atoms with Crippen molar-refractivity contribution in [2.45, 2.75) is 13.0 Å². The van der Waals surface area contributed by atoms with Crippen LogP contribution < -0.4 is 10.2 Å². The van der Waals surface area contributed by atoms with Crippen LogP contribution in [0.1, 0.15) is 12.5 Å². The first kappa shape index (κ1) is 11.9. The second kappa shape index (κ2) is 4.37. The van der Waals surface area contributed by atoms with E-state index in [4.69, 9.17) is 10.4 Å². The monoisotopic (exact) mass is 245 g/mol. The van der Waals surface area contributed by atoms with Gasteiger partial charge in [-0.1, -0.05) is 0 Å². The van der Waals surface area contributed by atoms with Crippen LogP contribution in [0.15, 0.2) is 18.2 Å². The lowest BCUT2D eigenvalue weighted by molar-refractivity contribution is -0.139. The molecule has 1 aromatic rings.